The second-order valence-electron chi connectivity index (χ2n) is 7.67. The summed E-state index contributed by atoms with van der Waals surface area (Å²) in [5, 5.41) is 3.19. The molecule has 2 saturated heterocycles. The topological polar surface area (TPSA) is 67.4 Å². The maximum absolute atomic E-state index is 12.6. The number of anilines is 1. The van der Waals surface area contributed by atoms with Gasteiger partial charge >= 0.3 is 0 Å². The van der Waals surface area contributed by atoms with Crippen LogP contribution in [-0.2, 0) is 4.74 Å². The van der Waals surface area contributed by atoms with Crippen LogP contribution in [0.4, 0.5) is 5.95 Å². The molecule has 2 aliphatic heterocycles. The van der Waals surface area contributed by atoms with Gasteiger partial charge in [0, 0.05) is 42.7 Å². The summed E-state index contributed by atoms with van der Waals surface area (Å²) in [6, 6.07) is 9.45. The van der Waals surface area contributed by atoms with Crippen LogP contribution in [0, 0.1) is 0 Å². The minimum absolute atomic E-state index is 0.0262. The highest BCUT2D eigenvalue weighted by atomic mass is 16.5. The molecule has 0 aliphatic carbocycles. The number of carbonyl (C=O) groups is 1. The standard InChI is InChI=1S/C22H28N4O2/c1-2-19-12-18(25-21(27)16-8-4-3-5-9-16)13-20(28-19)17-14-23-22(24-15-17)26-10-6-7-11-26/h3-5,8-9,14-15,18-20H,2,6-7,10-13H2,1H3,(H,25,27)/t18-,19+,20+/m0/s1. The molecule has 3 atom stereocenters. The van der Waals surface area contributed by atoms with Gasteiger partial charge in [-0.25, -0.2) is 9.97 Å². The van der Waals surface area contributed by atoms with E-state index in [-0.39, 0.29) is 24.2 Å². The van der Waals surface area contributed by atoms with Gasteiger partial charge in [-0.05, 0) is 44.2 Å². The largest absolute Gasteiger partial charge is 0.370 e. The molecule has 2 fully saturated rings. The van der Waals surface area contributed by atoms with Gasteiger partial charge < -0.3 is 15.0 Å². The lowest BCUT2D eigenvalue weighted by Crippen LogP contribution is -2.43. The van der Waals surface area contributed by atoms with Crippen molar-refractivity contribution >= 4 is 11.9 Å². The lowest BCUT2D eigenvalue weighted by Gasteiger charge is -2.35. The SMILES string of the molecule is CC[C@@H]1C[C@H](NC(=O)c2ccccc2)C[C@H](c2cnc(N3CCCC3)nc2)O1. The van der Waals surface area contributed by atoms with Crippen molar-refractivity contribution < 1.29 is 9.53 Å². The maximum Gasteiger partial charge on any atom is 0.251 e. The average molecular weight is 380 g/mol. The van der Waals surface area contributed by atoms with E-state index in [0.717, 1.165) is 43.9 Å². The van der Waals surface area contributed by atoms with Crippen LogP contribution in [0.3, 0.4) is 0 Å². The number of nitrogens with zero attached hydrogens (tertiary/aromatic N) is 3. The van der Waals surface area contributed by atoms with Crippen molar-refractivity contribution in [1.82, 2.24) is 15.3 Å². The molecule has 1 amide bonds. The fourth-order valence-corrected chi connectivity index (χ4v) is 4.05. The van der Waals surface area contributed by atoms with E-state index in [1.165, 1.54) is 12.8 Å². The van der Waals surface area contributed by atoms with Crippen molar-refractivity contribution in [1.29, 1.82) is 0 Å². The number of amides is 1. The molecule has 0 saturated carbocycles. The van der Waals surface area contributed by atoms with E-state index in [4.69, 9.17) is 4.74 Å². The molecular weight excluding hydrogens is 352 g/mol. The summed E-state index contributed by atoms with van der Waals surface area (Å²) in [5.41, 5.74) is 1.68. The number of nitrogens with one attached hydrogen (secondary N) is 1. The third-order valence-corrected chi connectivity index (χ3v) is 5.65. The molecule has 0 spiro atoms. The van der Waals surface area contributed by atoms with Gasteiger partial charge in [0.05, 0.1) is 12.2 Å². The molecule has 6 heteroatoms. The van der Waals surface area contributed by atoms with Crippen molar-refractivity contribution in [2.24, 2.45) is 0 Å². The van der Waals surface area contributed by atoms with Gasteiger partial charge in [0.1, 0.15) is 0 Å². The number of aromatic nitrogens is 2. The Morgan fingerprint density at radius 1 is 1.14 bits per heavy atom. The first-order chi connectivity index (χ1) is 13.7. The molecule has 2 aromatic rings. The monoisotopic (exact) mass is 380 g/mol. The van der Waals surface area contributed by atoms with E-state index in [9.17, 15) is 4.79 Å². The first-order valence-corrected chi connectivity index (χ1v) is 10.3. The van der Waals surface area contributed by atoms with Gasteiger partial charge in [-0.2, -0.15) is 0 Å². The van der Waals surface area contributed by atoms with Crippen LogP contribution in [0.25, 0.3) is 0 Å². The second-order valence-corrected chi connectivity index (χ2v) is 7.67. The first kappa shape index (κ1) is 18.9. The molecular formula is C22H28N4O2. The number of hydrogen-bond acceptors (Lipinski definition) is 5. The van der Waals surface area contributed by atoms with Gasteiger partial charge in [-0.1, -0.05) is 25.1 Å². The predicted octanol–water partition coefficient (Wildman–Crippen LogP) is 3.51. The molecule has 6 nitrogen and oxygen atoms in total. The Kier molecular flexibility index (Phi) is 5.86. The lowest BCUT2D eigenvalue weighted by molar-refractivity contribution is -0.0635. The normalized spacial score (nSPS) is 24.9. The van der Waals surface area contributed by atoms with Crippen LogP contribution >= 0.6 is 0 Å². The highest BCUT2D eigenvalue weighted by molar-refractivity contribution is 5.94. The highest BCUT2D eigenvalue weighted by Crippen LogP contribution is 2.32. The first-order valence-electron chi connectivity index (χ1n) is 10.3. The third kappa shape index (κ3) is 4.33. The van der Waals surface area contributed by atoms with E-state index in [0.29, 0.717) is 5.56 Å². The number of carbonyl (C=O) groups excluding carboxylic acids is 1. The van der Waals surface area contributed by atoms with E-state index in [1.54, 1.807) is 0 Å². The molecule has 148 valence electrons. The predicted molar refractivity (Wildman–Crippen MR) is 108 cm³/mol. The van der Waals surface area contributed by atoms with Crippen LogP contribution in [0.1, 0.15) is 61.1 Å². The van der Waals surface area contributed by atoms with Crippen LogP contribution in [0.2, 0.25) is 0 Å². The van der Waals surface area contributed by atoms with Gasteiger partial charge in [-0.15, -0.1) is 0 Å². The lowest BCUT2D eigenvalue weighted by atomic mass is 9.94. The molecule has 0 unspecified atom stereocenters. The smallest absolute Gasteiger partial charge is 0.251 e. The molecule has 0 bridgehead atoms. The van der Waals surface area contributed by atoms with Gasteiger partial charge in [0.2, 0.25) is 5.95 Å². The van der Waals surface area contributed by atoms with Gasteiger partial charge in [-0.3, -0.25) is 4.79 Å². The number of benzene rings is 1. The quantitative estimate of drug-likeness (QED) is 0.860. The molecule has 1 aromatic carbocycles. The Morgan fingerprint density at radius 3 is 2.54 bits per heavy atom. The van der Waals surface area contributed by atoms with E-state index in [1.807, 2.05) is 42.7 Å². The second kappa shape index (κ2) is 8.69. The van der Waals surface area contributed by atoms with Gasteiger partial charge in [0.15, 0.2) is 0 Å². The molecule has 4 rings (SSSR count). The molecule has 0 radical (unpaired) electrons. The van der Waals surface area contributed by atoms with Crippen molar-refractivity contribution in [2.45, 2.75) is 57.3 Å². The zero-order valence-electron chi connectivity index (χ0n) is 16.4. The number of hydrogen-bond donors (Lipinski definition) is 1. The zero-order valence-corrected chi connectivity index (χ0v) is 16.4. The Balaban J connectivity index is 1.44. The van der Waals surface area contributed by atoms with Crippen LogP contribution < -0.4 is 10.2 Å². The minimum Gasteiger partial charge on any atom is -0.370 e. The van der Waals surface area contributed by atoms with E-state index >= 15 is 0 Å². The van der Waals surface area contributed by atoms with Crippen molar-refractivity contribution in [3.63, 3.8) is 0 Å². The fourth-order valence-electron chi connectivity index (χ4n) is 4.05. The van der Waals surface area contributed by atoms with Crippen molar-refractivity contribution in [3.8, 4) is 0 Å². The van der Waals surface area contributed by atoms with Crippen LogP contribution in [0.5, 0.6) is 0 Å². The summed E-state index contributed by atoms with van der Waals surface area (Å²) in [4.78, 5) is 23.9. The Bertz CT molecular complexity index is 775. The van der Waals surface area contributed by atoms with E-state index < -0.39 is 0 Å². The molecule has 1 N–H and O–H groups in total. The minimum atomic E-state index is -0.0904. The Morgan fingerprint density at radius 2 is 1.86 bits per heavy atom. The summed E-state index contributed by atoms with van der Waals surface area (Å²) in [6.45, 7) is 4.19. The summed E-state index contributed by atoms with van der Waals surface area (Å²) >= 11 is 0. The zero-order chi connectivity index (χ0) is 19.3. The Hall–Kier alpha value is -2.47. The number of ether oxygens (including phenoxy) is 1. The van der Waals surface area contributed by atoms with Crippen molar-refractivity contribution in [2.75, 3.05) is 18.0 Å². The number of rotatable bonds is 5. The summed E-state index contributed by atoms with van der Waals surface area (Å²) in [5.74, 6) is 0.778. The highest BCUT2D eigenvalue weighted by Gasteiger charge is 2.31. The molecule has 28 heavy (non-hydrogen) atoms. The summed E-state index contributed by atoms with van der Waals surface area (Å²) < 4.78 is 6.26. The van der Waals surface area contributed by atoms with Crippen LogP contribution in [0.15, 0.2) is 42.7 Å². The summed E-state index contributed by atoms with van der Waals surface area (Å²) in [7, 11) is 0. The fraction of sp³-hybridized carbons (Fsp3) is 0.500. The molecule has 2 aliphatic rings. The van der Waals surface area contributed by atoms with Crippen LogP contribution in [-0.4, -0.2) is 41.1 Å². The maximum atomic E-state index is 12.6. The van der Waals surface area contributed by atoms with Crippen molar-refractivity contribution in [3.05, 3.63) is 53.9 Å². The molecule has 1 aromatic heterocycles. The third-order valence-electron chi connectivity index (χ3n) is 5.65. The van der Waals surface area contributed by atoms with E-state index in [2.05, 4.69) is 27.1 Å². The van der Waals surface area contributed by atoms with Gasteiger partial charge in [0.25, 0.3) is 5.91 Å². The molecule has 3 heterocycles. The summed E-state index contributed by atoms with van der Waals surface area (Å²) in [6.07, 6.45) is 8.71. The Labute approximate surface area is 166 Å². The average Bonchev–Trinajstić information content (AvgIpc) is 3.29.